The minimum atomic E-state index is -0.339. The second kappa shape index (κ2) is 11.1. The molecule has 0 amide bonds. The quantitative estimate of drug-likeness (QED) is 0.529. The van der Waals surface area contributed by atoms with Crippen LogP contribution in [0, 0.1) is 0 Å². The lowest BCUT2D eigenvalue weighted by atomic mass is 9.97. The maximum Gasteiger partial charge on any atom is 0.337 e. The van der Waals surface area contributed by atoms with E-state index in [-0.39, 0.29) is 18.7 Å². The Hall–Kier alpha value is -2.74. The number of hydrogen-bond acceptors (Lipinski definition) is 6. The lowest BCUT2D eigenvalue weighted by molar-refractivity contribution is -0.0591. The number of carbonyl (C=O) groups excluding carboxylic acids is 1. The molecule has 1 aromatic heterocycles. The zero-order valence-corrected chi connectivity index (χ0v) is 20.4. The number of imidazole rings is 1. The number of ether oxygens (including phenoxy) is 2. The van der Waals surface area contributed by atoms with Gasteiger partial charge in [0, 0.05) is 13.2 Å². The van der Waals surface area contributed by atoms with E-state index in [1.54, 1.807) is 6.07 Å². The van der Waals surface area contributed by atoms with Gasteiger partial charge in [-0.25, -0.2) is 9.78 Å². The van der Waals surface area contributed by atoms with E-state index in [1.807, 2.05) is 38.1 Å². The van der Waals surface area contributed by atoms with Crippen molar-refractivity contribution in [2.45, 2.75) is 58.4 Å². The third-order valence-corrected chi connectivity index (χ3v) is 6.67. The molecule has 5 rings (SSSR count). The molecule has 34 heavy (non-hydrogen) atoms. The first-order valence-electron chi connectivity index (χ1n) is 12.3. The predicted molar refractivity (Wildman–Crippen MR) is 132 cm³/mol. The van der Waals surface area contributed by atoms with Gasteiger partial charge < -0.3 is 19.1 Å². The van der Waals surface area contributed by atoms with Gasteiger partial charge in [0.05, 0.1) is 49.5 Å². The third-order valence-electron chi connectivity index (χ3n) is 6.67. The molecule has 3 aromatic rings. The van der Waals surface area contributed by atoms with Crippen LogP contribution in [0.25, 0.3) is 11.0 Å². The van der Waals surface area contributed by atoms with Crippen LogP contribution in [-0.2, 0) is 29.2 Å². The lowest BCUT2D eigenvalue weighted by Crippen LogP contribution is -2.32. The van der Waals surface area contributed by atoms with Crippen LogP contribution in [0.3, 0.4) is 0 Å². The highest BCUT2D eigenvalue weighted by molar-refractivity contribution is 5.93. The van der Waals surface area contributed by atoms with Gasteiger partial charge in [-0.2, -0.15) is 0 Å². The normalized spacial score (nSPS) is 20.0. The highest BCUT2D eigenvalue weighted by Crippen LogP contribution is 2.30. The van der Waals surface area contributed by atoms with Crippen molar-refractivity contribution >= 4 is 17.0 Å². The van der Waals surface area contributed by atoms with Crippen molar-refractivity contribution in [3.8, 4) is 0 Å². The summed E-state index contributed by atoms with van der Waals surface area (Å²) in [5.74, 6) is 1.12. The van der Waals surface area contributed by atoms with Gasteiger partial charge in [0.2, 0.25) is 0 Å². The Morgan fingerprint density at radius 3 is 2.74 bits per heavy atom. The number of aliphatic hydroxyl groups is 1. The molecule has 0 aliphatic carbocycles. The molecule has 0 saturated carbocycles. The van der Waals surface area contributed by atoms with Crippen molar-refractivity contribution in [2.75, 3.05) is 26.8 Å². The average molecular weight is 466 g/mol. The Kier molecular flexibility index (Phi) is 7.98. The fraction of sp³-hybridized carbons (Fsp3) is 0.481. The monoisotopic (exact) mass is 465 g/mol. The molecular formula is C27H35N3O4. The average Bonchev–Trinajstić information content (AvgIpc) is 3.46. The Balaban J connectivity index is 0.00000133. The van der Waals surface area contributed by atoms with Crippen molar-refractivity contribution in [3.05, 3.63) is 65.0 Å². The van der Waals surface area contributed by atoms with Gasteiger partial charge in [-0.3, -0.25) is 4.90 Å². The van der Waals surface area contributed by atoms with E-state index in [9.17, 15) is 9.90 Å². The van der Waals surface area contributed by atoms with Crippen molar-refractivity contribution in [1.29, 1.82) is 0 Å². The van der Waals surface area contributed by atoms with Crippen LogP contribution in [0.4, 0.5) is 0 Å². The van der Waals surface area contributed by atoms with E-state index in [2.05, 4.69) is 21.6 Å². The lowest BCUT2D eigenvalue weighted by Gasteiger charge is -2.28. The minimum absolute atomic E-state index is 0.0745. The summed E-state index contributed by atoms with van der Waals surface area (Å²) >= 11 is 0. The van der Waals surface area contributed by atoms with Crippen LogP contribution >= 0.6 is 0 Å². The summed E-state index contributed by atoms with van der Waals surface area (Å²) in [7, 11) is 1.40. The second-order valence-corrected chi connectivity index (χ2v) is 8.74. The van der Waals surface area contributed by atoms with Crippen LogP contribution in [-0.4, -0.2) is 58.4 Å². The fourth-order valence-electron chi connectivity index (χ4n) is 4.77. The largest absolute Gasteiger partial charge is 0.465 e. The summed E-state index contributed by atoms with van der Waals surface area (Å²) in [5, 5.41) is 9.46. The SMILES string of the molecule is CC.COC(=O)c1ccc2nc(CN3CC[C@H](c4cccc(CO)c4)C3)n(CC3CCO3)c2c1. The molecule has 2 aliphatic heterocycles. The van der Waals surface area contributed by atoms with Crippen molar-refractivity contribution in [2.24, 2.45) is 0 Å². The number of hydrogen-bond donors (Lipinski definition) is 1. The predicted octanol–water partition coefficient (Wildman–Crippen LogP) is 4.12. The smallest absolute Gasteiger partial charge is 0.337 e. The van der Waals surface area contributed by atoms with E-state index >= 15 is 0 Å². The number of esters is 1. The number of aromatic nitrogens is 2. The molecular weight excluding hydrogens is 430 g/mol. The van der Waals surface area contributed by atoms with Crippen molar-refractivity contribution in [3.63, 3.8) is 0 Å². The molecule has 2 fully saturated rings. The number of carbonyl (C=O) groups is 1. The molecule has 3 heterocycles. The van der Waals surface area contributed by atoms with Gasteiger partial charge >= 0.3 is 5.97 Å². The fourth-order valence-corrected chi connectivity index (χ4v) is 4.77. The van der Waals surface area contributed by atoms with Crippen LogP contribution in [0.5, 0.6) is 0 Å². The Morgan fingerprint density at radius 1 is 1.21 bits per heavy atom. The Bertz CT molecular complexity index is 1120. The van der Waals surface area contributed by atoms with Crippen molar-refractivity contribution in [1.82, 2.24) is 14.5 Å². The zero-order chi connectivity index (χ0) is 24.1. The standard InChI is InChI=1S/C25H29N3O4.C2H6/c1-31-25(30)19-5-6-22-23(12-19)28(14-21-8-10-32-21)24(26-22)15-27-9-7-20(13-27)18-4-2-3-17(11-18)16-29;1-2/h2-6,11-12,20-21,29H,7-10,13-16H2,1H3;1-2H3/t20-,21?;/m0./s1. The Morgan fingerprint density at radius 2 is 2.03 bits per heavy atom. The van der Waals surface area contributed by atoms with E-state index in [1.165, 1.54) is 12.7 Å². The van der Waals surface area contributed by atoms with Gasteiger partial charge in [0.1, 0.15) is 5.82 Å². The molecule has 182 valence electrons. The number of rotatable bonds is 7. The summed E-state index contributed by atoms with van der Waals surface area (Å²) in [6.07, 6.45) is 2.33. The molecule has 0 radical (unpaired) electrons. The molecule has 7 nitrogen and oxygen atoms in total. The maximum atomic E-state index is 12.1. The van der Waals surface area contributed by atoms with E-state index in [0.29, 0.717) is 11.5 Å². The van der Waals surface area contributed by atoms with Gasteiger partial charge in [-0.05, 0) is 54.6 Å². The topological polar surface area (TPSA) is 76.8 Å². The number of methoxy groups -OCH3 is 1. The van der Waals surface area contributed by atoms with Gasteiger partial charge in [0.15, 0.2) is 0 Å². The summed E-state index contributed by atoms with van der Waals surface area (Å²) in [4.78, 5) is 19.4. The van der Waals surface area contributed by atoms with Gasteiger partial charge in [-0.15, -0.1) is 0 Å². The first-order valence-corrected chi connectivity index (χ1v) is 12.3. The van der Waals surface area contributed by atoms with Crippen LogP contribution in [0.1, 0.15) is 59.9 Å². The molecule has 1 unspecified atom stereocenters. The van der Waals surface area contributed by atoms with Crippen LogP contribution in [0.2, 0.25) is 0 Å². The maximum absolute atomic E-state index is 12.1. The molecule has 7 heteroatoms. The van der Waals surface area contributed by atoms with E-state index in [0.717, 1.165) is 68.0 Å². The van der Waals surface area contributed by atoms with Crippen LogP contribution < -0.4 is 0 Å². The highest BCUT2D eigenvalue weighted by atomic mass is 16.5. The van der Waals surface area contributed by atoms with Gasteiger partial charge in [0.25, 0.3) is 0 Å². The number of likely N-dealkylation sites (tertiary alicyclic amines) is 1. The van der Waals surface area contributed by atoms with Crippen molar-refractivity contribution < 1.29 is 19.4 Å². The molecule has 2 aliphatic rings. The van der Waals surface area contributed by atoms with E-state index < -0.39 is 0 Å². The first-order chi connectivity index (χ1) is 16.6. The minimum Gasteiger partial charge on any atom is -0.465 e. The number of fused-ring (bicyclic) bond motifs is 1. The summed E-state index contributed by atoms with van der Waals surface area (Å²) in [6, 6.07) is 13.8. The summed E-state index contributed by atoms with van der Waals surface area (Å²) < 4.78 is 12.8. The highest BCUT2D eigenvalue weighted by Gasteiger charge is 2.27. The molecule has 1 N–H and O–H groups in total. The molecule has 0 bridgehead atoms. The molecule has 2 atom stereocenters. The summed E-state index contributed by atoms with van der Waals surface area (Å²) in [6.45, 7) is 8.35. The number of benzene rings is 2. The zero-order valence-electron chi connectivity index (χ0n) is 20.4. The molecule has 0 spiro atoms. The number of nitrogens with zero attached hydrogens (tertiary/aromatic N) is 3. The molecule has 2 saturated heterocycles. The Labute approximate surface area is 201 Å². The van der Waals surface area contributed by atoms with E-state index in [4.69, 9.17) is 14.5 Å². The summed E-state index contributed by atoms with van der Waals surface area (Å²) in [5.41, 5.74) is 4.62. The first kappa shape index (κ1) is 24.4. The number of aliphatic hydroxyl groups excluding tert-OH is 1. The van der Waals surface area contributed by atoms with Gasteiger partial charge in [-0.1, -0.05) is 38.1 Å². The molecule has 2 aromatic carbocycles. The second-order valence-electron chi connectivity index (χ2n) is 8.74. The van der Waals surface area contributed by atoms with Crippen LogP contribution in [0.15, 0.2) is 42.5 Å². The third kappa shape index (κ3) is 5.17.